The van der Waals surface area contributed by atoms with E-state index in [1.54, 1.807) is 13.8 Å². The highest BCUT2D eigenvalue weighted by atomic mass is 31.2. The minimum Gasteiger partial charge on any atom is -0.309 e. The van der Waals surface area contributed by atoms with Crippen LogP contribution in [0.4, 0.5) is 19.0 Å². The number of amides is 1. The van der Waals surface area contributed by atoms with E-state index >= 15 is 0 Å². The van der Waals surface area contributed by atoms with Crippen LogP contribution >= 0.6 is 7.60 Å². The minimum absolute atomic E-state index is 0.0443. The summed E-state index contributed by atoms with van der Waals surface area (Å²) in [7, 11) is -3.40. The summed E-state index contributed by atoms with van der Waals surface area (Å²) >= 11 is 0. The van der Waals surface area contributed by atoms with Crippen LogP contribution in [0, 0.1) is 5.92 Å². The maximum absolute atomic E-state index is 13.3. The van der Waals surface area contributed by atoms with Gasteiger partial charge in [0.05, 0.1) is 43.0 Å². The Labute approximate surface area is 207 Å². The van der Waals surface area contributed by atoms with Gasteiger partial charge >= 0.3 is 13.8 Å². The lowest BCUT2D eigenvalue weighted by atomic mass is 9.97. The molecular formula is C23H30F3N4O5P. The van der Waals surface area contributed by atoms with Gasteiger partial charge in [0, 0.05) is 12.3 Å². The van der Waals surface area contributed by atoms with Crippen molar-refractivity contribution in [3.8, 4) is 0 Å². The summed E-state index contributed by atoms with van der Waals surface area (Å²) in [4.78, 5) is 34.0. The van der Waals surface area contributed by atoms with Crippen molar-refractivity contribution >= 4 is 19.3 Å². The van der Waals surface area contributed by atoms with E-state index in [4.69, 9.17) is 9.05 Å². The number of hydrogen-bond donors (Lipinski definition) is 1. The molecule has 198 valence electrons. The Hall–Kier alpha value is -2.56. The third kappa shape index (κ3) is 7.47. The topological polar surface area (TPSA) is 112 Å². The van der Waals surface area contributed by atoms with Crippen LogP contribution in [0.2, 0.25) is 0 Å². The van der Waals surface area contributed by atoms with E-state index in [1.807, 2.05) is 0 Å². The molecule has 0 bridgehead atoms. The number of nitrogens with one attached hydrogen (secondary N) is 1. The second kappa shape index (κ2) is 12.1. The second-order valence-electron chi connectivity index (χ2n) is 8.55. The molecule has 0 spiro atoms. The Morgan fingerprint density at radius 2 is 1.83 bits per heavy atom. The molecule has 1 aliphatic carbocycles. The standard InChI is InChI=1S/C23H30F3N4O5P/c1-3-34-36(33,35-4-2)15-18-12-28-20(13-27-18)29-22(32)19(11-16-7-5-6-8-16)30-14-17(23(24,25)26)9-10-21(30)31/h9-10,12-14,16,19H,3-8,11,15H2,1-2H3,(H,28,29,32). The first-order valence-electron chi connectivity index (χ1n) is 11.8. The van der Waals surface area contributed by atoms with E-state index in [1.165, 1.54) is 12.4 Å². The highest BCUT2D eigenvalue weighted by Gasteiger charge is 2.34. The lowest BCUT2D eigenvalue weighted by Crippen LogP contribution is -2.35. The molecule has 9 nitrogen and oxygen atoms in total. The second-order valence-corrected chi connectivity index (χ2v) is 10.6. The number of pyridine rings is 1. The highest BCUT2D eigenvalue weighted by molar-refractivity contribution is 7.53. The van der Waals surface area contributed by atoms with Crippen molar-refractivity contribution in [1.29, 1.82) is 0 Å². The molecule has 1 N–H and O–H groups in total. The van der Waals surface area contributed by atoms with Crippen LogP contribution < -0.4 is 10.9 Å². The van der Waals surface area contributed by atoms with Crippen LogP contribution in [0.25, 0.3) is 0 Å². The third-order valence-corrected chi connectivity index (χ3v) is 7.91. The normalized spacial score (nSPS) is 15.7. The van der Waals surface area contributed by atoms with Crippen LogP contribution in [0.3, 0.4) is 0 Å². The van der Waals surface area contributed by atoms with Crippen molar-refractivity contribution < 1.29 is 31.6 Å². The number of rotatable bonds is 11. The smallest absolute Gasteiger partial charge is 0.309 e. The Balaban J connectivity index is 1.82. The Morgan fingerprint density at radius 1 is 1.17 bits per heavy atom. The van der Waals surface area contributed by atoms with E-state index in [9.17, 15) is 27.3 Å². The lowest BCUT2D eigenvalue weighted by Gasteiger charge is -2.23. The SMILES string of the molecule is CCOP(=O)(Cc1cnc(NC(=O)C(CC2CCCC2)n2cc(C(F)(F)F)ccc2=O)cn1)OCC. The molecule has 1 fully saturated rings. The van der Waals surface area contributed by atoms with E-state index in [0.717, 1.165) is 36.3 Å². The third-order valence-electron chi connectivity index (χ3n) is 5.90. The molecular weight excluding hydrogens is 500 g/mol. The summed E-state index contributed by atoms with van der Waals surface area (Å²) < 4.78 is 63.9. The van der Waals surface area contributed by atoms with Crippen molar-refractivity contribution in [2.24, 2.45) is 5.92 Å². The van der Waals surface area contributed by atoms with E-state index in [-0.39, 0.29) is 37.5 Å². The number of carbonyl (C=O) groups excluding carboxylic acids is 1. The molecule has 3 rings (SSSR count). The predicted octanol–water partition coefficient (Wildman–Crippen LogP) is 5.18. The number of nitrogens with zero attached hydrogens (tertiary/aromatic N) is 3. The van der Waals surface area contributed by atoms with Gasteiger partial charge in [-0.3, -0.25) is 19.1 Å². The quantitative estimate of drug-likeness (QED) is 0.398. The number of anilines is 1. The Morgan fingerprint density at radius 3 is 2.39 bits per heavy atom. The summed E-state index contributed by atoms with van der Waals surface area (Å²) in [5.74, 6) is -0.510. The average molecular weight is 530 g/mol. The Kier molecular flexibility index (Phi) is 9.43. The fraction of sp³-hybridized carbons (Fsp3) is 0.565. The number of hydrogen-bond acceptors (Lipinski definition) is 7. The molecule has 1 saturated carbocycles. The van der Waals surface area contributed by atoms with Crippen LogP contribution in [-0.2, 0) is 30.7 Å². The average Bonchev–Trinajstić information content (AvgIpc) is 3.32. The first kappa shape index (κ1) is 28.0. The molecule has 0 aliphatic heterocycles. The van der Waals surface area contributed by atoms with Crippen LogP contribution in [0.15, 0.2) is 35.5 Å². The van der Waals surface area contributed by atoms with Crippen molar-refractivity contribution in [1.82, 2.24) is 14.5 Å². The molecule has 13 heteroatoms. The van der Waals surface area contributed by atoms with E-state index in [2.05, 4.69) is 15.3 Å². The molecule has 1 aliphatic rings. The van der Waals surface area contributed by atoms with Gasteiger partial charge in [-0.1, -0.05) is 25.7 Å². The first-order valence-corrected chi connectivity index (χ1v) is 13.6. The van der Waals surface area contributed by atoms with Gasteiger partial charge in [0.2, 0.25) is 5.91 Å². The lowest BCUT2D eigenvalue weighted by molar-refractivity contribution is -0.138. The van der Waals surface area contributed by atoms with Crippen LogP contribution in [-0.4, -0.2) is 33.7 Å². The summed E-state index contributed by atoms with van der Waals surface area (Å²) in [6.07, 6.45) is 2.32. The zero-order valence-corrected chi connectivity index (χ0v) is 21.1. The van der Waals surface area contributed by atoms with Crippen LogP contribution in [0.1, 0.15) is 63.3 Å². The predicted molar refractivity (Wildman–Crippen MR) is 127 cm³/mol. The van der Waals surface area contributed by atoms with Crippen LogP contribution in [0.5, 0.6) is 0 Å². The van der Waals surface area contributed by atoms with Gasteiger partial charge in [-0.25, -0.2) is 4.98 Å². The molecule has 0 saturated heterocycles. The molecule has 2 aromatic heterocycles. The zero-order chi connectivity index (χ0) is 26.3. The van der Waals surface area contributed by atoms with Crippen molar-refractivity contribution in [3.63, 3.8) is 0 Å². The van der Waals surface area contributed by atoms with Gasteiger partial charge in [0.15, 0.2) is 5.82 Å². The van der Waals surface area contributed by atoms with Gasteiger partial charge in [-0.2, -0.15) is 13.2 Å². The molecule has 0 radical (unpaired) electrons. The monoisotopic (exact) mass is 530 g/mol. The van der Waals surface area contributed by atoms with Gasteiger partial charge in [0.1, 0.15) is 6.04 Å². The highest BCUT2D eigenvalue weighted by Crippen LogP contribution is 2.50. The van der Waals surface area contributed by atoms with Gasteiger partial charge in [-0.15, -0.1) is 0 Å². The molecule has 1 atom stereocenters. The number of alkyl halides is 3. The van der Waals surface area contributed by atoms with E-state index in [0.29, 0.717) is 18.0 Å². The number of carbonyl (C=O) groups is 1. The van der Waals surface area contributed by atoms with Crippen molar-refractivity contribution in [3.05, 3.63) is 52.3 Å². The number of aromatic nitrogens is 3. The fourth-order valence-electron chi connectivity index (χ4n) is 4.25. The molecule has 1 amide bonds. The van der Waals surface area contributed by atoms with E-state index < -0.39 is 36.8 Å². The Bertz CT molecular complexity index is 1120. The maximum Gasteiger partial charge on any atom is 0.417 e. The zero-order valence-electron chi connectivity index (χ0n) is 20.2. The van der Waals surface area contributed by atoms with Gasteiger partial charge < -0.3 is 18.9 Å². The molecule has 0 aromatic carbocycles. The number of halogens is 3. The summed E-state index contributed by atoms with van der Waals surface area (Å²) in [5.41, 5.74) is -1.40. The van der Waals surface area contributed by atoms with Gasteiger partial charge in [-0.05, 0) is 32.3 Å². The molecule has 36 heavy (non-hydrogen) atoms. The maximum atomic E-state index is 13.3. The molecule has 2 heterocycles. The summed E-state index contributed by atoms with van der Waals surface area (Å²) in [6.45, 7) is 3.76. The minimum atomic E-state index is -4.66. The fourth-order valence-corrected chi connectivity index (χ4v) is 5.86. The first-order chi connectivity index (χ1) is 17.0. The van der Waals surface area contributed by atoms with Crippen molar-refractivity contribution in [2.75, 3.05) is 18.5 Å². The summed E-state index contributed by atoms with van der Waals surface area (Å²) in [6, 6.07) is 0.374. The summed E-state index contributed by atoms with van der Waals surface area (Å²) in [5, 5.41) is 2.56. The molecule has 1 unspecified atom stereocenters. The van der Waals surface area contributed by atoms with Gasteiger partial charge in [0.25, 0.3) is 5.56 Å². The molecule has 2 aromatic rings. The largest absolute Gasteiger partial charge is 0.417 e. The van der Waals surface area contributed by atoms with Crippen molar-refractivity contribution in [2.45, 2.75) is 64.3 Å².